The van der Waals surface area contributed by atoms with Gasteiger partial charge in [-0.15, -0.1) is 0 Å². The average Bonchev–Trinajstić information content (AvgIpc) is 3.68. The van der Waals surface area contributed by atoms with Gasteiger partial charge in [-0.25, -0.2) is 8.42 Å². The maximum Gasteiger partial charge on any atom is 0.251 e. The lowest BCUT2D eigenvalue weighted by Gasteiger charge is -2.17. The van der Waals surface area contributed by atoms with Crippen molar-refractivity contribution in [2.75, 3.05) is 18.2 Å². The number of carbonyl (C=O) groups is 2. The molecule has 0 radical (unpaired) electrons. The Bertz CT molecular complexity index is 1330. The third kappa shape index (κ3) is 6.51. The van der Waals surface area contributed by atoms with Gasteiger partial charge in [0, 0.05) is 16.8 Å². The standard InChI is InChI=1S/C28H30N2O5S/c1-19(25-5-3-4-6-26(25)35-2)29-28(32)22-11-13-23(14-12-22)30-27(31)17-20-9-15-24(16-10-20)36(33,34)18-21-7-8-21/h3-6,9-16,19,21H,7-8,17-18H2,1-2H3,(H,29,32)(H,30,31). The molecule has 3 aromatic carbocycles. The Morgan fingerprint density at radius 2 is 1.64 bits per heavy atom. The number of hydrogen-bond acceptors (Lipinski definition) is 5. The molecule has 36 heavy (non-hydrogen) atoms. The molecule has 1 atom stereocenters. The molecule has 188 valence electrons. The quantitative estimate of drug-likeness (QED) is 0.420. The molecule has 0 heterocycles. The molecule has 1 aliphatic rings. The Balaban J connectivity index is 1.31. The highest BCUT2D eigenvalue weighted by Crippen LogP contribution is 2.32. The highest BCUT2D eigenvalue weighted by molar-refractivity contribution is 7.91. The number of anilines is 1. The Labute approximate surface area is 211 Å². The predicted octanol–water partition coefficient (Wildman–Crippen LogP) is 4.55. The molecular weight excluding hydrogens is 476 g/mol. The first-order valence-electron chi connectivity index (χ1n) is 11.9. The van der Waals surface area contributed by atoms with Gasteiger partial charge < -0.3 is 15.4 Å². The zero-order valence-electron chi connectivity index (χ0n) is 20.4. The summed E-state index contributed by atoms with van der Waals surface area (Å²) in [4.78, 5) is 25.5. The summed E-state index contributed by atoms with van der Waals surface area (Å²) in [7, 11) is -1.68. The van der Waals surface area contributed by atoms with Crippen LogP contribution in [0.4, 0.5) is 5.69 Å². The maximum absolute atomic E-state index is 12.7. The van der Waals surface area contributed by atoms with Crippen LogP contribution in [0.15, 0.2) is 77.7 Å². The summed E-state index contributed by atoms with van der Waals surface area (Å²) >= 11 is 0. The van der Waals surface area contributed by atoms with E-state index in [1.54, 1.807) is 55.6 Å². The van der Waals surface area contributed by atoms with Gasteiger partial charge in [0.2, 0.25) is 5.91 Å². The normalized spacial score (nSPS) is 14.1. The zero-order chi connectivity index (χ0) is 25.7. The van der Waals surface area contributed by atoms with Gasteiger partial charge in [-0.2, -0.15) is 0 Å². The molecule has 8 heteroatoms. The first-order valence-corrected chi connectivity index (χ1v) is 13.6. The van der Waals surface area contributed by atoms with E-state index in [0.29, 0.717) is 21.9 Å². The van der Waals surface area contributed by atoms with Gasteiger partial charge in [0.25, 0.3) is 5.91 Å². The summed E-state index contributed by atoms with van der Waals surface area (Å²) in [5.41, 5.74) is 2.64. The van der Waals surface area contributed by atoms with Crippen molar-refractivity contribution in [3.8, 4) is 5.75 Å². The minimum Gasteiger partial charge on any atom is -0.496 e. The second-order valence-corrected chi connectivity index (χ2v) is 11.1. The van der Waals surface area contributed by atoms with Crippen molar-refractivity contribution in [3.63, 3.8) is 0 Å². The van der Waals surface area contributed by atoms with Gasteiger partial charge in [-0.05, 0) is 73.7 Å². The van der Waals surface area contributed by atoms with Crippen molar-refractivity contribution >= 4 is 27.3 Å². The summed E-state index contributed by atoms with van der Waals surface area (Å²) in [6.45, 7) is 1.89. The van der Waals surface area contributed by atoms with Crippen LogP contribution in [0.2, 0.25) is 0 Å². The van der Waals surface area contributed by atoms with Crippen LogP contribution in [-0.2, 0) is 21.1 Å². The van der Waals surface area contributed by atoms with Crippen molar-refractivity contribution in [1.82, 2.24) is 5.32 Å². The summed E-state index contributed by atoms with van der Waals surface area (Å²) in [6, 6.07) is 20.4. The monoisotopic (exact) mass is 506 g/mol. The summed E-state index contributed by atoms with van der Waals surface area (Å²) < 4.78 is 30.1. The molecule has 0 spiro atoms. The minimum absolute atomic E-state index is 0.113. The number of carbonyl (C=O) groups excluding carboxylic acids is 2. The van der Waals surface area contributed by atoms with E-state index < -0.39 is 9.84 Å². The summed E-state index contributed by atoms with van der Waals surface area (Å²) in [6.07, 6.45) is 2.07. The highest BCUT2D eigenvalue weighted by Gasteiger charge is 2.29. The van der Waals surface area contributed by atoms with Crippen LogP contribution < -0.4 is 15.4 Å². The van der Waals surface area contributed by atoms with Crippen LogP contribution in [0, 0.1) is 5.92 Å². The fraction of sp³-hybridized carbons (Fsp3) is 0.286. The molecule has 4 rings (SSSR count). The topological polar surface area (TPSA) is 102 Å². The SMILES string of the molecule is COc1ccccc1C(C)NC(=O)c1ccc(NC(=O)Cc2ccc(S(=O)(=O)CC3CC3)cc2)cc1. The zero-order valence-corrected chi connectivity index (χ0v) is 21.2. The minimum atomic E-state index is -3.27. The third-order valence-corrected chi connectivity index (χ3v) is 8.08. The number of hydrogen-bond donors (Lipinski definition) is 2. The van der Waals surface area contributed by atoms with Gasteiger partial charge in [-0.3, -0.25) is 9.59 Å². The molecule has 1 aliphatic carbocycles. The molecule has 0 saturated heterocycles. The number of ether oxygens (including phenoxy) is 1. The number of rotatable bonds is 10. The number of nitrogens with one attached hydrogen (secondary N) is 2. The fourth-order valence-electron chi connectivity index (χ4n) is 3.98. The highest BCUT2D eigenvalue weighted by atomic mass is 32.2. The van der Waals surface area contributed by atoms with Gasteiger partial charge >= 0.3 is 0 Å². The van der Waals surface area contributed by atoms with E-state index in [-0.39, 0.29) is 35.9 Å². The van der Waals surface area contributed by atoms with Crippen LogP contribution >= 0.6 is 0 Å². The fourth-order valence-corrected chi connectivity index (χ4v) is 5.68. The lowest BCUT2D eigenvalue weighted by Crippen LogP contribution is -2.27. The van der Waals surface area contributed by atoms with Crippen LogP contribution in [-0.4, -0.2) is 33.1 Å². The van der Waals surface area contributed by atoms with Crippen molar-refractivity contribution < 1.29 is 22.7 Å². The third-order valence-electron chi connectivity index (χ3n) is 6.18. The lowest BCUT2D eigenvalue weighted by atomic mass is 10.1. The average molecular weight is 507 g/mol. The summed E-state index contributed by atoms with van der Waals surface area (Å²) in [5.74, 6) is 0.723. The smallest absolute Gasteiger partial charge is 0.251 e. The first kappa shape index (κ1) is 25.4. The van der Waals surface area contributed by atoms with E-state index in [9.17, 15) is 18.0 Å². The Hall–Kier alpha value is -3.65. The summed E-state index contributed by atoms with van der Waals surface area (Å²) in [5, 5.41) is 5.77. The van der Waals surface area contributed by atoms with Crippen LogP contribution in [0.1, 0.15) is 47.3 Å². The molecule has 3 aromatic rings. The number of benzene rings is 3. The molecule has 2 amide bonds. The van der Waals surface area contributed by atoms with Gasteiger partial charge in [0.15, 0.2) is 9.84 Å². The lowest BCUT2D eigenvalue weighted by molar-refractivity contribution is -0.115. The largest absolute Gasteiger partial charge is 0.496 e. The number of amides is 2. The molecule has 2 N–H and O–H groups in total. The van der Waals surface area contributed by atoms with Crippen molar-refractivity contribution in [1.29, 1.82) is 0 Å². The Morgan fingerprint density at radius 3 is 2.28 bits per heavy atom. The maximum atomic E-state index is 12.7. The molecular formula is C28H30N2O5S. The van der Waals surface area contributed by atoms with Crippen molar-refractivity contribution in [2.24, 2.45) is 5.92 Å². The van der Waals surface area contributed by atoms with Crippen molar-refractivity contribution in [3.05, 3.63) is 89.5 Å². The molecule has 0 aliphatic heterocycles. The van der Waals surface area contributed by atoms with Crippen LogP contribution in [0.25, 0.3) is 0 Å². The second-order valence-electron chi connectivity index (χ2n) is 9.11. The molecule has 1 unspecified atom stereocenters. The number of para-hydroxylation sites is 1. The van der Waals surface area contributed by atoms with Gasteiger partial charge in [0.05, 0.1) is 30.2 Å². The molecule has 1 fully saturated rings. The predicted molar refractivity (Wildman–Crippen MR) is 139 cm³/mol. The van der Waals surface area contributed by atoms with E-state index in [4.69, 9.17) is 4.74 Å². The first-order chi connectivity index (χ1) is 17.2. The Kier molecular flexibility index (Phi) is 7.74. The number of methoxy groups -OCH3 is 1. The van der Waals surface area contributed by atoms with E-state index >= 15 is 0 Å². The van der Waals surface area contributed by atoms with E-state index in [1.165, 1.54) is 0 Å². The second kappa shape index (κ2) is 11.0. The van der Waals surface area contributed by atoms with Crippen molar-refractivity contribution in [2.45, 2.75) is 37.1 Å². The van der Waals surface area contributed by atoms with Crippen LogP contribution in [0.3, 0.4) is 0 Å². The molecule has 7 nitrogen and oxygen atoms in total. The van der Waals surface area contributed by atoms with E-state index in [2.05, 4.69) is 10.6 Å². The molecule has 0 aromatic heterocycles. The molecule has 0 bridgehead atoms. The Morgan fingerprint density at radius 1 is 0.972 bits per heavy atom. The van der Waals surface area contributed by atoms with E-state index in [1.807, 2.05) is 31.2 Å². The van der Waals surface area contributed by atoms with E-state index in [0.717, 1.165) is 24.0 Å². The van der Waals surface area contributed by atoms with Crippen LogP contribution in [0.5, 0.6) is 5.75 Å². The molecule has 1 saturated carbocycles. The number of sulfone groups is 1. The van der Waals surface area contributed by atoms with Gasteiger partial charge in [-0.1, -0.05) is 30.3 Å². The van der Waals surface area contributed by atoms with Gasteiger partial charge in [0.1, 0.15) is 5.75 Å².